The first-order chi connectivity index (χ1) is 9.23. The van der Waals surface area contributed by atoms with E-state index in [0.717, 1.165) is 0 Å². The topological polar surface area (TPSA) is 69.6 Å². The Kier molecular flexibility index (Phi) is 5.79. The Morgan fingerprint density at radius 1 is 1.55 bits per heavy atom. The molecular weight excluding hydrogens is 277 g/mol. The number of aliphatic hydroxyl groups is 1. The molecule has 0 spiro atoms. The quantitative estimate of drug-likeness (QED) is 0.757. The summed E-state index contributed by atoms with van der Waals surface area (Å²) < 4.78 is 36.7. The zero-order valence-electron chi connectivity index (χ0n) is 11.2. The summed E-state index contributed by atoms with van der Waals surface area (Å²) in [4.78, 5) is 23.8. The molecule has 2 amide bonds. The molecule has 1 aliphatic heterocycles. The molecule has 0 bridgehead atoms. The van der Waals surface area contributed by atoms with E-state index in [1.54, 1.807) is 6.92 Å². The van der Waals surface area contributed by atoms with Crippen molar-refractivity contribution in [2.45, 2.75) is 38.5 Å². The van der Waals surface area contributed by atoms with Gasteiger partial charge in [0.1, 0.15) is 6.54 Å². The Labute approximate surface area is 115 Å². The summed E-state index contributed by atoms with van der Waals surface area (Å²) in [5.41, 5.74) is 0. The number of hydrogen-bond donors (Lipinski definition) is 2. The van der Waals surface area contributed by atoms with Gasteiger partial charge in [0, 0.05) is 19.5 Å². The predicted octanol–water partition coefficient (Wildman–Crippen LogP) is 0.674. The van der Waals surface area contributed by atoms with Crippen molar-refractivity contribution in [1.29, 1.82) is 0 Å². The lowest BCUT2D eigenvalue weighted by atomic mass is 10.1. The zero-order valence-corrected chi connectivity index (χ0v) is 11.2. The fourth-order valence-corrected chi connectivity index (χ4v) is 2.03. The highest BCUT2D eigenvalue weighted by Gasteiger charge is 2.40. The lowest BCUT2D eigenvalue weighted by molar-refractivity contribution is -0.157. The van der Waals surface area contributed by atoms with Crippen LogP contribution in [0.4, 0.5) is 13.2 Å². The van der Waals surface area contributed by atoms with E-state index in [-0.39, 0.29) is 19.5 Å². The summed E-state index contributed by atoms with van der Waals surface area (Å²) in [5, 5.41) is 11.8. The van der Waals surface area contributed by atoms with Gasteiger partial charge in [-0.1, -0.05) is 6.92 Å². The van der Waals surface area contributed by atoms with Gasteiger partial charge >= 0.3 is 6.18 Å². The average molecular weight is 296 g/mol. The van der Waals surface area contributed by atoms with Gasteiger partial charge in [-0.05, 0) is 12.8 Å². The molecule has 8 heteroatoms. The van der Waals surface area contributed by atoms with Crippen LogP contribution >= 0.6 is 0 Å². The monoisotopic (exact) mass is 296 g/mol. The number of nitrogens with zero attached hydrogens (tertiary/aromatic N) is 1. The number of carbonyl (C=O) groups excluding carboxylic acids is 2. The highest BCUT2D eigenvalue weighted by molar-refractivity contribution is 5.89. The van der Waals surface area contributed by atoms with Gasteiger partial charge in [0.15, 0.2) is 0 Å². The van der Waals surface area contributed by atoms with E-state index in [9.17, 15) is 27.9 Å². The van der Waals surface area contributed by atoms with Gasteiger partial charge in [-0.25, -0.2) is 0 Å². The lowest BCUT2D eigenvalue weighted by Gasteiger charge is -2.18. The molecule has 2 atom stereocenters. The fourth-order valence-electron chi connectivity index (χ4n) is 2.03. The highest BCUT2D eigenvalue weighted by atomic mass is 19.4. The van der Waals surface area contributed by atoms with E-state index < -0.39 is 36.6 Å². The van der Waals surface area contributed by atoms with Crippen molar-refractivity contribution in [2.75, 3.05) is 19.6 Å². The number of halogens is 3. The number of nitrogens with one attached hydrogen (secondary N) is 1. The third-order valence-corrected chi connectivity index (χ3v) is 3.20. The fraction of sp³-hybridized carbons (Fsp3) is 0.833. The van der Waals surface area contributed by atoms with Crippen LogP contribution in [0.1, 0.15) is 26.2 Å². The van der Waals surface area contributed by atoms with Gasteiger partial charge in [0.2, 0.25) is 11.8 Å². The zero-order chi connectivity index (χ0) is 15.3. The largest absolute Gasteiger partial charge is 0.406 e. The van der Waals surface area contributed by atoms with Crippen LogP contribution in [0.25, 0.3) is 0 Å². The predicted molar refractivity (Wildman–Crippen MR) is 64.7 cm³/mol. The second-order valence-corrected chi connectivity index (χ2v) is 4.93. The Morgan fingerprint density at radius 3 is 2.75 bits per heavy atom. The van der Waals surface area contributed by atoms with Gasteiger partial charge in [-0.15, -0.1) is 0 Å². The third-order valence-electron chi connectivity index (χ3n) is 3.20. The lowest BCUT2D eigenvalue weighted by Crippen LogP contribution is -2.37. The molecule has 116 valence electrons. The Bertz CT molecular complexity index is 360. The van der Waals surface area contributed by atoms with E-state index in [4.69, 9.17) is 0 Å². The maximum absolute atomic E-state index is 12.2. The van der Waals surface area contributed by atoms with Gasteiger partial charge in [-0.2, -0.15) is 13.2 Å². The van der Waals surface area contributed by atoms with E-state index in [2.05, 4.69) is 5.32 Å². The molecule has 1 heterocycles. The number of amides is 2. The van der Waals surface area contributed by atoms with E-state index in [0.29, 0.717) is 17.7 Å². The van der Waals surface area contributed by atoms with Gasteiger partial charge in [0.05, 0.1) is 12.0 Å². The minimum atomic E-state index is -4.45. The molecular formula is C12H19F3N2O3. The molecule has 1 rings (SSSR count). The maximum Gasteiger partial charge on any atom is 0.406 e. The molecule has 0 radical (unpaired) electrons. The number of likely N-dealkylation sites (tertiary alicyclic amines) is 1. The van der Waals surface area contributed by atoms with Crippen LogP contribution in [0.3, 0.4) is 0 Å². The number of aliphatic hydroxyl groups excluding tert-OH is 1. The molecule has 0 aromatic carbocycles. The minimum Gasteiger partial charge on any atom is -0.393 e. The van der Waals surface area contributed by atoms with E-state index in [1.807, 2.05) is 0 Å². The number of carbonyl (C=O) groups is 2. The maximum atomic E-state index is 12.2. The molecule has 0 aromatic heterocycles. The summed E-state index contributed by atoms with van der Waals surface area (Å²) in [6.45, 7) is 0.527. The van der Waals surface area contributed by atoms with Crippen molar-refractivity contribution < 1.29 is 27.9 Å². The second-order valence-electron chi connectivity index (χ2n) is 4.93. The molecule has 0 aromatic rings. The summed E-state index contributed by atoms with van der Waals surface area (Å²) in [6, 6.07) is 0. The first kappa shape index (κ1) is 16.7. The average Bonchev–Trinajstić information content (AvgIpc) is 2.68. The standard InChI is InChI=1S/C12H19F3N2O3/c1-2-9(18)3-4-16-11(20)8-5-10(19)17(6-8)7-12(13,14)15/h8-9,18H,2-7H2,1H3,(H,16,20). The van der Waals surface area contributed by atoms with Crippen LogP contribution in [0, 0.1) is 5.92 Å². The van der Waals surface area contributed by atoms with Crippen molar-refractivity contribution in [3.8, 4) is 0 Å². The van der Waals surface area contributed by atoms with Crippen LogP contribution < -0.4 is 5.32 Å². The smallest absolute Gasteiger partial charge is 0.393 e. The second kappa shape index (κ2) is 6.92. The van der Waals surface area contributed by atoms with Gasteiger partial charge in [-0.3, -0.25) is 9.59 Å². The normalized spacial score (nSPS) is 21.1. The Hall–Kier alpha value is -1.31. The number of hydrogen-bond acceptors (Lipinski definition) is 3. The Balaban J connectivity index is 2.38. The van der Waals surface area contributed by atoms with Crippen molar-refractivity contribution in [3.63, 3.8) is 0 Å². The SMILES string of the molecule is CCC(O)CCNC(=O)C1CC(=O)N(CC(F)(F)F)C1. The molecule has 2 N–H and O–H groups in total. The van der Waals surface area contributed by atoms with Gasteiger partial charge in [0.25, 0.3) is 0 Å². The van der Waals surface area contributed by atoms with Crippen molar-refractivity contribution in [2.24, 2.45) is 5.92 Å². The number of alkyl halides is 3. The molecule has 2 unspecified atom stereocenters. The van der Waals surface area contributed by atoms with Crippen LogP contribution in [0.15, 0.2) is 0 Å². The minimum absolute atomic E-state index is 0.196. The van der Waals surface area contributed by atoms with Crippen LogP contribution in [0.2, 0.25) is 0 Å². The summed E-state index contributed by atoms with van der Waals surface area (Å²) >= 11 is 0. The van der Waals surface area contributed by atoms with Crippen molar-refractivity contribution in [3.05, 3.63) is 0 Å². The first-order valence-electron chi connectivity index (χ1n) is 6.53. The Morgan fingerprint density at radius 2 is 2.20 bits per heavy atom. The van der Waals surface area contributed by atoms with Crippen LogP contribution in [0.5, 0.6) is 0 Å². The molecule has 1 fully saturated rings. The molecule has 1 aliphatic rings. The summed E-state index contributed by atoms with van der Waals surface area (Å²) in [6.07, 6.45) is -4.21. The molecule has 0 saturated carbocycles. The summed E-state index contributed by atoms with van der Waals surface area (Å²) in [5.74, 6) is -1.84. The molecule has 1 saturated heterocycles. The van der Waals surface area contributed by atoms with Crippen molar-refractivity contribution in [1.82, 2.24) is 10.2 Å². The molecule has 0 aliphatic carbocycles. The first-order valence-corrected chi connectivity index (χ1v) is 6.53. The molecule has 5 nitrogen and oxygen atoms in total. The molecule has 20 heavy (non-hydrogen) atoms. The van der Waals surface area contributed by atoms with Gasteiger partial charge < -0.3 is 15.3 Å². The van der Waals surface area contributed by atoms with Crippen LogP contribution in [-0.2, 0) is 9.59 Å². The summed E-state index contributed by atoms with van der Waals surface area (Å²) in [7, 11) is 0. The highest BCUT2D eigenvalue weighted by Crippen LogP contribution is 2.23. The van der Waals surface area contributed by atoms with E-state index in [1.165, 1.54) is 0 Å². The van der Waals surface area contributed by atoms with Crippen LogP contribution in [-0.4, -0.2) is 53.7 Å². The third kappa shape index (κ3) is 5.36. The van der Waals surface area contributed by atoms with Crippen molar-refractivity contribution >= 4 is 11.8 Å². The van der Waals surface area contributed by atoms with E-state index >= 15 is 0 Å². The number of rotatable bonds is 6.